The number of aromatic nitrogens is 2. The fourth-order valence-electron chi connectivity index (χ4n) is 0.840. The van der Waals surface area contributed by atoms with Gasteiger partial charge in [-0.15, -0.1) is 0 Å². The molecule has 0 aromatic carbocycles. The van der Waals surface area contributed by atoms with Crippen LogP contribution in [0.25, 0.3) is 0 Å². The molecule has 0 bridgehead atoms. The average Bonchev–Trinajstić information content (AvgIpc) is 2.19. The van der Waals surface area contributed by atoms with Gasteiger partial charge in [0.1, 0.15) is 0 Å². The Morgan fingerprint density at radius 1 is 1.40 bits per heavy atom. The van der Waals surface area contributed by atoms with Crippen molar-refractivity contribution in [2.45, 2.75) is 12.8 Å². The number of carbonyl (C=O) groups excluding carboxylic acids is 1. The van der Waals surface area contributed by atoms with Crippen molar-refractivity contribution < 1.29 is 14.7 Å². The number of carboxylic acids is 1. The minimum absolute atomic E-state index is 0.129. The van der Waals surface area contributed by atoms with Crippen molar-refractivity contribution in [2.24, 2.45) is 0 Å². The number of anilines is 1. The molecule has 0 saturated carbocycles. The summed E-state index contributed by atoms with van der Waals surface area (Å²) in [6.07, 6.45) is -0.370. The molecule has 7 heteroatoms. The number of rotatable bonds is 4. The van der Waals surface area contributed by atoms with Crippen LogP contribution in [0.3, 0.4) is 0 Å². The Morgan fingerprint density at radius 3 is 2.67 bits per heavy atom. The van der Waals surface area contributed by atoms with Gasteiger partial charge in [-0.05, 0) is 6.07 Å². The molecule has 0 fully saturated rings. The number of H-pyrrole nitrogens is 1. The Kier molecular flexibility index (Phi) is 3.55. The minimum atomic E-state index is -1.04. The van der Waals surface area contributed by atoms with E-state index in [-0.39, 0.29) is 24.2 Å². The van der Waals surface area contributed by atoms with E-state index in [0.717, 1.165) is 0 Å². The molecule has 1 aromatic rings. The number of aliphatic carboxylic acids is 1. The van der Waals surface area contributed by atoms with Gasteiger partial charge in [0.05, 0.1) is 6.42 Å². The second-order valence-electron chi connectivity index (χ2n) is 2.75. The number of carbonyl (C=O) groups is 2. The SMILES string of the molecule is O=C(O)CCC(=O)Nc1ccc(=O)[nH]n1. The molecule has 0 aliphatic carbocycles. The minimum Gasteiger partial charge on any atom is -0.481 e. The van der Waals surface area contributed by atoms with E-state index >= 15 is 0 Å². The van der Waals surface area contributed by atoms with Crippen molar-refractivity contribution in [3.05, 3.63) is 22.5 Å². The van der Waals surface area contributed by atoms with E-state index < -0.39 is 11.9 Å². The molecule has 0 unspecified atom stereocenters. The van der Waals surface area contributed by atoms with Crippen molar-refractivity contribution in [3.63, 3.8) is 0 Å². The van der Waals surface area contributed by atoms with E-state index in [2.05, 4.69) is 15.5 Å². The van der Waals surface area contributed by atoms with E-state index in [9.17, 15) is 14.4 Å². The van der Waals surface area contributed by atoms with Gasteiger partial charge >= 0.3 is 5.97 Å². The summed E-state index contributed by atoms with van der Waals surface area (Å²) in [7, 11) is 0. The number of aromatic amines is 1. The average molecular weight is 211 g/mol. The molecule has 3 N–H and O–H groups in total. The smallest absolute Gasteiger partial charge is 0.303 e. The van der Waals surface area contributed by atoms with Crippen LogP contribution in [0.1, 0.15) is 12.8 Å². The highest BCUT2D eigenvalue weighted by Crippen LogP contribution is 1.98. The molecule has 0 spiro atoms. The largest absolute Gasteiger partial charge is 0.481 e. The lowest BCUT2D eigenvalue weighted by Crippen LogP contribution is -2.16. The Bertz CT molecular complexity index is 406. The molecule has 0 radical (unpaired) electrons. The molecule has 0 aliphatic heterocycles. The Labute approximate surface area is 84.1 Å². The molecule has 1 heterocycles. The molecule has 0 aliphatic rings. The van der Waals surface area contributed by atoms with Gasteiger partial charge in [-0.2, -0.15) is 5.10 Å². The van der Waals surface area contributed by atoms with Crippen molar-refractivity contribution in [1.29, 1.82) is 0 Å². The summed E-state index contributed by atoms with van der Waals surface area (Å²) in [6, 6.07) is 2.54. The van der Waals surface area contributed by atoms with E-state index in [4.69, 9.17) is 5.11 Å². The monoisotopic (exact) mass is 211 g/mol. The topological polar surface area (TPSA) is 112 Å². The van der Waals surface area contributed by atoms with E-state index in [0.29, 0.717) is 0 Å². The summed E-state index contributed by atoms with van der Waals surface area (Å²) >= 11 is 0. The molecule has 0 saturated heterocycles. The van der Waals surface area contributed by atoms with E-state index in [1.54, 1.807) is 0 Å². The van der Waals surface area contributed by atoms with Crippen LogP contribution in [-0.4, -0.2) is 27.2 Å². The highest BCUT2D eigenvalue weighted by molar-refractivity contribution is 5.91. The van der Waals surface area contributed by atoms with Gasteiger partial charge in [-0.3, -0.25) is 14.4 Å². The lowest BCUT2D eigenvalue weighted by Gasteiger charge is -2.01. The molecular weight excluding hydrogens is 202 g/mol. The molecule has 7 nitrogen and oxygen atoms in total. The maximum absolute atomic E-state index is 11.1. The summed E-state index contributed by atoms with van der Waals surface area (Å²) < 4.78 is 0. The van der Waals surface area contributed by atoms with Crippen molar-refractivity contribution in [1.82, 2.24) is 10.2 Å². The van der Waals surface area contributed by atoms with Crippen molar-refractivity contribution in [3.8, 4) is 0 Å². The van der Waals surface area contributed by atoms with Crippen molar-refractivity contribution in [2.75, 3.05) is 5.32 Å². The molecule has 15 heavy (non-hydrogen) atoms. The lowest BCUT2D eigenvalue weighted by molar-refractivity contribution is -0.138. The Balaban J connectivity index is 2.48. The van der Waals surface area contributed by atoms with Gasteiger partial charge in [0.15, 0.2) is 5.82 Å². The van der Waals surface area contributed by atoms with Crippen LogP contribution in [0.5, 0.6) is 0 Å². The Hall–Kier alpha value is -2.18. The first-order valence-electron chi connectivity index (χ1n) is 4.15. The third-order valence-corrected chi connectivity index (χ3v) is 1.51. The van der Waals surface area contributed by atoms with Crippen LogP contribution in [-0.2, 0) is 9.59 Å². The van der Waals surface area contributed by atoms with Gasteiger partial charge in [0, 0.05) is 12.5 Å². The van der Waals surface area contributed by atoms with Crippen molar-refractivity contribution >= 4 is 17.7 Å². The summed E-state index contributed by atoms with van der Waals surface area (Å²) in [5.41, 5.74) is -0.376. The number of hydrogen-bond acceptors (Lipinski definition) is 4. The quantitative estimate of drug-likeness (QED) is 0.625. The molecule has 0 atom stereocenters. The van der Waals surface area contributed by atoms with Crippen LogP contribution in [0.4, 0.5) is 5.82 Å². The number of hydrogen-bond donors (Lipinski definition) is 3. The van der Waals surface area contributed by atoms with Gasteiger partial charge in [0.2, 0.25) is 5.91 Å². The van der Waals surface area contributed by atoms with E-state index in [1.807, 2.05) is 0 Å². The zero-order chi connectivity index (χ0) is 11.3. The second-order valence-corrected chi connectivity index (χ2v) is 2.75. The predicted molar refractivity (Wildman–Crippen MR) is 50.4 cm³/mol. The van der Waals surface area contributed by atoms with E-state index in [1.165, 1.54) is 12.1 Å². The molecule has 1 aromatic heterocycles. The van der Waals surface area contributed by atoms with Gasteiger partial charge in [-0.1, -0.05) is 0 Å². The van der Waals surface area contributed by atoms with Crippen LogP contribution in [0.15, 0.2) is 16.9 Å². The summed E-state index contributed by atoms with van der Waals surface area (Å²) in [6.45, 7) is 0. The summed E-state index contributed by atoms with van der Waals surface area (Å²) in [5.74, 6) is -1.32. The Morgan fingerprint density at radius 2 is 2.13 bits per heavy atom. The normalized spacial score (nSPS) is 9.60. The first-order valence-corrected chi connectivity index (χ1v) is 4.15. The highest BCUT2D eigenvalue weighted by Gasteiger charge is 2.06. The maximum atomic E-state index is 11.1. The highest BCUT2D eigenvalue weighted by atomic mass is 16.4. The number of nitrogens with one attached hydrogen (secondary N) is 2. The number of nitrogens with zero attached hydrogens (tertiary/aromatic N) is 1. The zero-order valence-electron chi connectivity index (χ0n) is 7.69. The van der Waals surface area contributed by atoms with Gasteiger partial charge in [0.25, 0.3) is 5.56 Å². The number of amides is 1. The summed E-state index contributed by atoms with van der Waals surface area (Å²) in [5, 5.41) is 16.3. The van der Waals surface area contributed by atoms with Gasteiger partial charge < -0.3 is 10.4 Å². The van der Waals surface area contributed by atoms with Crippen LogP contribution in [0, 0.1) is 0 Å². The first kappa shape index (κ1) is 10.9. The molecule has 1 rings (SSSR count). The fraction of sp³-hybridized carbons (Fsp3) is 0.250. The molecule has 80 valence electrons. The lowest BCUT2D eigenvalue weighted by atomic mass is 10.3. The number of carboxylic acid groups (broad SMARTS) is 1. The molecular formula is C8H9N3O4. The van der Waals surface area contributed by atoms with Crippen LogP contribution < -0.4 is 10.9 Å². The molecule has 1 amide bonds. The fourth-order valence-corrected chi connectivity index (χ4v) is 0.840. The van der Waals surface area contributed by atoms with Gasteiger partial charge in [-0.25, -0.2) is 5.10 Å². The second kappa shape index (κ2) is 4.89. The zero-order valence-corrected chi connectivity index (χ0v) is 7.69. The van der Waals surface area contributed by atoms with Crippen LogP contribution >= 0.6 is 0 Å². The maximum Gasteiger partial charge on any atom is 0.303 e. The third-order valence-electron chi connectivity index (χ3n) is 1.51. The van der Waals surface area contributed by atoms with Crippen LogP contribution in [0.2, 0.25) is 0 Å². The summed E-state index contributed by atoms with van der Waals surface area (Å²) in [4.78, 5) is 31.9. The standard InChI is InChI=1S/C8H9N3O4/c12-6(3-4-8(14)15)9-5-1-2-7(13)11-10-5/h1-2H,3-4H2,(H,11,13)(H,14,15)(H,9,10,12). The predicted octanol–water partition coefficient (Wildman–Crippen LogP) is -0.427. The first-order chi connectivity index (χ1) is 7.08. The third kappa shape index (κ3) is 4.03.